The predicted molar refractivity (Wildman–Crippen MR) is 76.4 cm³/mol. The van der Waals surface area contributed by atoms with Gasteiger partial charge in [-0.15, -0.1) is 0 Å². The highest BCUT2D eigenvalue weighted by molar-refractivity contribution is 5.92. The van der Waals surface area contributed by atoms with E-state index >= 15 is 0 Å². The van der Waals surface area contributed by atoms with Crippen LogP contribution in [0.2, 0.25) is 0 Å². The van der Waals surface area contributed by atoms with Gasteiger partial charge >= 0.3 is 0 Å². The molecule has 0 saturated heterocycles. The van der Waals surface area contributed by atoms with E-state index in [1.54, 1.807) is 13.8 Å². The van der Waals surface area contributed by atoms with E-state index in [0.717, 1.165) is 0 Å². The molecule has 116 valence electrons. The fourth-order valence-corrected chi connectivity index (χ4v) is 1.78. The van der Waals surface area contributed by atoms with Crippen molar-refractivity contribution >= 4 is 17.7 Å². The van der Waals surface area contributed by atoms with Crippen molar-refractivity contribution in [2.75, 3.05) is 6.54 Å². The molecule has 0 rings (SSSR count). The molecular formula is C13H26N4O3. The molecule has 0 aromatic heterocycles. The Morgan fingerprint density at radius 2 is 1.60 bits per heavy atom. The van der Waals surface area contributed by atoms with E-state index in [1.165, 1.54) is 0 Å². The molecule has 0 aliphatic rings. The third-order valence-corrected chi connectivity index (χ3v) is 2.82. The number of amides is 3. The van der Waals surface area contributed by atoms with Crippen LogP contribution >= 0.6 is 0 Å². The summed E-state index contributed by atoms with van der Waals surface area (Å²) in [6, 6.07) is -1.47. The summed E-state index contributed by atoms with van der Waals surface area (Å²) in [6.07, 6.45) is 0.459. The lowest BCUT2D eigenvalue weighted by Gasteiger charge is -2.24. The third-order valence-electron chi connectivity index (χ3n) is 2.82. The molecule has 0 unspecified atom stereocenters. The first-order chi connectivity index (χ1) is 9.18. The Bertz CT molecular complexity index is 356. The van der Waals surface area contributed by atoms with E-state index in [4.69, 9.17) is 11.5 Å². The maximum atomic E-state index is 12.2. The Morgan fingerprint density at radius 1 is 1.05 bits per heavy atom. The molecule has 0 heterocycles. The number of hydrogen-bond acceptors (Lipinski definition) is 4. The molecule has 0 saturated carbocycles. The van der Waals surface area contributed by atoms with Crippen molar-refractivity contribution in [3.8, 4) is 0 Å². The van der Waals surface area contributed by atoms with Crippen LogP contribution in [0.15, 0.2) is 0 Å². The van der Waals surface area contributed by atoms with Gasteiger partial charge in [0.25, 0.3) is 0 Å². The summed E-state index contributed by atoms with van der Waals surface area (Å²) in [5.74, 6) is -1.35. The van der Waals surface area contributed by atoms with Crippen LogP contribution in [0, 0.1) is 11.8 Å². The zero-order valence-corrected chi connectivity index (χ0v) is 12.6. The standard InChI is InChI=1S/C13H26N4O3/c1-7(2)5-9(16-10(18)6-14)13(20)17-11(8(3)4)12(15)19/h7-9,11H,5-6,14H2,1-4H3,(H2,15,19)(H,16,18)(H,17,20)/t9-,11-/m0/s1. The smallest absolute Gasteiger partial charge is 0.243 e. The normalized spacial score (nSPS) is 13.9. The van der Waals surface area contributed by atoms with E-state index in [-0.39, 0.29) is 18.4 Å². The number of hydrogen-bond donors (Lipinski definition) is 4. The summed E-state index contributed by atoms with van der Waals surface area (Å²) < 4.78 is 0. The molecule has 0 radical (unpaired) electrons. The number of carbonyl (C=O) groups excluding carboxylic acids is 3. The quantitative estimate of drug-likeness (QED) is 0.461. The highest BCUT2D eigenvalue weighted by atomic mass is 16.2. The molecule has 0 aliphatic heterocycles. The predicted octanol–water partition coefficient (Wildman–Crippen LogP) is -0.898. The second-order valence-electron chi connectivity index (χ2n) is 5.59. The van der Waals surface area contributed by atoms with E-state index < -0.39 is 29.8 Å². The minimum atomic E-state index is -0.757. The topological polar surface area (TPSA) is 127 Å². The molecule has 20 heavy (non-hydrogen) atoms. The van der Waals surface area contributed by atoms with Gasteiger partial charge in [0.05, 0.1) is 6.54 Å². The number of carbonyl (C=O) groups is 3. The van der Waals surface area contributed by atoms with Crippen LogP contribution in [-0.4, -0.2) is 36.3 Å². The van der Waals surface area contributed by atoms with Crippen LogP contribution in [0.5, 0.6) is 0 Å². The Balaban J connectivity index is 4.84. The van der Waals surface area contributed by atoms with Crippen molar-refractivity contribution < 1.29 is 14.4 Å². The minimum Gasteiger partial charge on any atom is -0.368 e. The van der Waals surface area contributed by atoms with Gasteiger partial charge in [-0.2, -0.15) is 0 Å². The molecule has 0 aromatic rings. The molecule has 0 aromatic carbocycles. The van der Waals surface area contributed by atoms with Gasteiger partial charge in [-0.3, -0.25) is 14.4 Å². The van der Waals surface area contributed by atoms with Gasteiger partial charge in [0.2, 0.25) is 17.7 Å². The maximum Gasteiger partial charge on any atom is 0.243 e. The van der Waals surface area contributed by atoms with E-state index in [2.05, 4.69) is 10.6 Å². The first-order valence-electron chi connectivity index (χ1n) is 6.78. The lowest BCUT2D eigenvalue weighted by atomic mass is 10.00. The summed E-state index contributed by atoms with van der Waals surface area (Å²) in [6.45, 7) is 7.24. The molecule has 7 heteroatoms. The summed E-state index contributed by atoms with van der Waals surface area (Å²) in [4.78, 5) is 34.8. The lowest BCUT2D eigenvalue weighted by molar-refractivity contribution is -0.132. The van der Waals surface area contributed by atoms with Crippen LogP contribution in [0.1, 0.15) is 34.1 Å². The van der Waals surface area contributed by atoms with Crippen molar-refractivity contribution in [3.05, 3.63) is 0 Å². The maximum absolute atomic E-state index is 12.2. The summed E-state index contributed by atoms with van der Waals surface area (Å²) >= 11 is 0. The second-order valence-corrected chi connectivity index (χ2v) is 5.59. The number of nitrogens with two attached hydrogens (primary N) is 2. The van der Waals surface area contributed by atoms with Crippen LogP contribution in [0.25, 0.3) is 0 Å². The molecular weight excluding hydrogens is 260 g/mol. The minimum absolute atomic E-state index is 0.124. The molecule has 0 spiro atoms. The number of rotatable bonds is 8. The van der Waals surface area contributed by atoms with Gasteiger partial charge in [0.15, 0.2) is 0 Å². The van der Waals surface area contributed by atoms with Gasteiger partial charge < -0.3 is 22.1 Å². The zero-order valence-electron chi connectivity index (χ0n) is 12.6. The van der Waals surface area contributed by atoms with E-state index in [9.17, 15) is 14.4 Å². The summed E-state index contributed by atoms with van der Waals surface area (Å²) in [7, 11) is 0. The molecule has 0 bridgehead atoms. The monoisotopic (exact) mass is 286 g/mol. The molecule has 3 amide bonds. The van der Waals surface area contributed by atoms with E-state index in [0.29, 0.717) is 6.42 Å². The Hall–Kier alpha value is -1.63. The van der Waals surface area contributed by atoms with Crippen LogP contribution < -0.4 is 22.1 Å². The Labute approximate surface area is 119 Å². The van der Waals surface area contributed by atoms with Crippen molar-refractivity contribution in [1.82, 2.24) is 10.6 Å². The average Bonchev–Trinajstić information content (AvgIpc) is 2.33. The second kappa shape index (κ2) is 8.52. The Morgan fingerprint density at radius 3 is 1.95 bits per heavy atom. The summed E-state index contributed by atoms with van der Waals surface area (Å²) in [5.41, 5.74) is 10.5. The molecule has 0 fully saturated rings. The largest absolute Gasteiger partial charge is 0.368 e. The van der Waals surface area contributed by atoms with E-state index in [1.807, 2.05) is 13.8 Å². The van der Waals surface area contributed by atoms with Crippen molar-refractivity contribution in [2.24, 2.45) is 23.3 Å². The highest BCUT2D eigenvalue weighted by Gasteiger charge is 2.27. The van der Waals surface area contributed by atoms with Gasteiger partial charge in [0, 0.05) is 0 Å². The molecule has 7 nitrogen and oxygen atoms in total. The van der Waals surface area contributed by atoms with Crippen LogP contribution in [-0.2, 0) is 14.4 Å². The van der Waals surface area contributed by atoms with Crippen molar-refractivity contribution in [2.45, 2.75) is 46.2 Å². The van der Waals surface area contributed by atoms with Crippen LogP contribution in [0.4, 0.5) is 0 Å². The van der Waals surface area contributed by atoms with Gasteiger partial charge in [-0.25, -0.2) is 0 Å². The van der Waals surface area contributed by atoms with Crippen LogP contribution in [0.3, 0.4) is 0 Å². The first kappa shape index (κ1) is 18.4. The highest BCUT2D eigenvalue weighted by Crippen LogP contribution is 2.07. The van der Waals surface area contributed by atoms with Gasteiger partial charge in [-0.05, 0) is 18.3 Å². The number of nitrogens with one attached hydrogen (secondary N) is 2. The molecule has 6 N–H and O–H groups in total. The average molecular weight is 286 g/mol. The zero-order chi connectivity index (χ0) is 15.9. The fourth-order valence-electron chi connectivity index (χ4n) is 1.78. The lowest BCUT2D eigenvalue weighted by Crippen LogP contribution is -2.55. The van der Waals surface area contributed by atoms with Crippen molar-refractivity contribution in [1.29, 1.82) is 0 Å². The third kappa shape index (κ3) is 6.51. The first-order valence-corrected chi connectivity index (χ1v) is 6.78. The van der Waals surface area contributed by atoms with Gasteiger partial charge in [-0.1, -0.05) is 27.7 Å². The fraction of sp³-hybridized carbons (Fsp3) is 0.769. The molecule has 2 atom stereocenters. The van der Waals surface area contributed by atoms with Gasteiger partial charge in [0.1, 0.15) is 12.1 Å². The summed E-state index contributed by atoms with van der Waals surface area (Å²) in [5, 5.41) is 5.13. The van der Waals surface area contributed by atoms with Crippen molar-refractivity contribution in [3.63, 3.8) is 0 Å². The Kier molecular flexibility index (Phi) is 7.83. The molecule has 0 aliphatic carbocycles. The number of primary amides is 1. The SMILES string of the molecule is CC(C)C[C@H](NC(=O)CN)C(=O)N[C@H](C(N)=O)C(C)C.